The van der Waals surface area contributed by atoms with Crippen molar-refractivity contribution in [3.8, 4) is 0 Å². The van der Waals surface area contributed by atoms with Gasteiger partial charge in [-0.05, 0) is 5.92 Å². The molecule has 0 amide bonds. The quantitative estimate of drug-likeness (QED) is 0.349. The van der Waals surface area contributed by atoms with E-state index in [0.717, 1.165) is 12.3 Å². The first-order valence-corrected chi connectivity index (χ1v) is 7.64. The third-order valence-electron chi connectivity index (χ3n) is 3.53. The summed E-state index contributed by atoms with van der Waals surface area (Å²) in [6.45, 7) is 8.58. The Balaban J connectivity index is 3.25. The van der Waals surface area contributed by atoms with Gasteiger partial charge in [-0.2, -0.15) is 0 Å². The van der Waals surface area contributed by atoms with E-state index in [9.17, 15) is 0 Å². The molecule has 0 rings (SSSR count). The lowest BCUT2D eigenvalue weighted by molar-refractivity contribution is 0.396. The molecule has 1 radical (unpaired) electrons. The van der Waals surface area contributed by atoms with E-state index in [1.165, 1.54) is 70.6 Å². The SMILES string of the molecule is [CH2]CCC(CCC)CCCCCCCCC. The molecule has 0 heterocycles. The van der Waals surface area contributed by atoms with E-state index >= 15 is 0 Å². The first-order chi connectivity index (χ1) is 7.85. The average Bonchev–Trinajstić information content (AvgIpc) is 2.28. The Bertz CT molecular complexity index is 111. The van der Waals surface area contributed by atoms with Gasteiger partial charge in [0.1, 0.15) is 0 Å². The smallest absolute Gasteiger partial charge is 0.0414 e. The third kappa shape index (κ3) is 10.5. The molecule has 0 aliphatic heterocycles. The summed E-state index contributed by atoms with van der Waals surface area (Å²) in [5.74, 6) is 0.971. The van der Waals surface area contributed by atoms with Crippen LogP contribution in [0.4, 0.5) is 0 Å². The Kier molecular flexibility index (Phi) is 13.1. The van der Waals surface area contributed by atoms with Crippen LogP contribution in [0.1, 0.15) is 90.9 Å². The van der Waals surface area contributed by atoms with Crippen LogP contribution in [-0.2, 0) is 0 Å². The Morgan fingerprint density at radius 1 is 0.688 bits per heavy atom. The molecular formula is C16H33. The van der Waals surface area contributed by atoms with E-state index in [2.05, 4.69) is 20.8 Å². The van der Waals surface area contributed by atoms with Gasteiger partial charge in [0.25, 0.3) is 0 Å². The second-order valence-corrected chi connectivity index (χ2v) is 5.21. The van der Waals surface area contributed by atoms with Gasteiger partial charge in [-0.25, -0.2) is 0 Å². The molecule has 0 aromatic heterocycles. The summed E-state index contributed by atoms with van der Waals surface area (Å²) < 4.78 is 0. The molecule has 0 N–H and O–H groups in total. The van der Waals surface area contributed by atoms with Crippen molar-refractivity contribution in [1.29, 1.82) is 0 Å². The Morgan fingerprint density at radius 3 is 1.88 bits per heavy atom. The summed E-state index contributed by atoms with van der Waals surface area (Å²) in [6.07, 6.45) is 16.8. The molecule has 1 atom stereocenters. The average molecular weight is 225 g/mol. The highest BCUT2D eigenvalue weighted by Crippen LogP contribution is 2.21. The molecule has 16 heavy (non-hydrogen) atoms. The molecule has 0 aliphatic carbocycles. The maximum absolute atomic E-state index is 3.99. The van der Waals surface area contributed by atoms with Gasteiger partial charge in [0, 0.05) is 0 Å². The molecule has 0 spiro atoms. The lowest BCUT2D eigenvalue weighted by Crippen LogP contribution is -1.99. The van der Waals surface area contributed by atoms with Crippen LogP contribution in [0.3, 0.4) is 0 Å². The zero-order valence-electron chi connectivity index (χ0n) is 11.8. The van der Waals surface area contributed by atoms with Gasteiger partial charge < -0.3 is 0 Å². The third-order valence-corrected chi connectivity index (χ3v) is 3.53. The molecule has 0 aromatic rings. The monoisotopic (exact) mass is 225 g/mol. The first kappa shape index (κ1) is 16.0. The number of rotatable bonds is 12. The summed E-state index contributed by atoms with van der Waals surface area (Å²) in [5, 5.41) is 0. The molecule has 0 saturated heterocycles. The molecule has 97 valence electrons. The fourth-order valence-electron chi connectivity index (χ4n) is 2.52. The van der Waals surface area contributed by atoms with E-state index in [4.69, 9.17) is 0 Å². The predicted molar refractivity (Wildman–Crippen MR) is 75.6 cm³/mol. The summed E-state index contributed by atoms with van der Waals surface area (Å²) in [7, 11) is 0. The maximum Gasteiger partial charge on any atom is -0.0414 e. The van der Waals surface area contributed by atoms with Crippen LogP contribution in [0.25, 0.3) is 0 Å². The minimum atomic E-state index is 0.971. The second-order valence-electron chi connectivity index (χ2n) is 5.21. The standard InChI is InChI=1S/C16H33/c1-4-7-8-9-10-11-12-15-16(13-5-2)14-6-3/h16H,2,4-15H2,1,3H3. The van der Waals surface area contributed by atoms with Crippen molar-refractivity contribution < 1.29 is 0 Å². The van der Waals surface area contributed by atoms with Crippen molar-refractivity contribution in [3.63, 3.8) is 0 Å². The van der Waals surface area contributed by atoms with Crippen molar-refractivity contribution in [3.05, 3.63) is 6.92 Å². The Labute approximate surface area is 104 Å². The van der Waals surface area contributed by atoms with E-state index < -0.39 is 0 Å². The zero-order valence-corrected chi connectivity index (χ0v) is 11.8. The Morgan fingerprint density at radius 2 is 1.31 bits per heavy atom. The normalized spacial score (nSPS) is 11.2. The van der Waals surface area contributed by atoms with Crippen LogP contribution in [0.2, 0.25) is 0 Å². The van der Waals surface area contributed by atoms with Gasteiger partial charge in [-0.3, -0.25) is 0 Å². The highest BCUT2D eigenvalue weighted by atomic mass is 14.1. The van der Waals surface area contributed by atoms with Crippen LogP contribution in [0, 0.1) is 12.8 Å². The van der Waals surface area contributed by atoms with Gasteiger partial charge in [0.2, 0.25) is 0 Å². The van der Waals surface area contributed by atoms with Crippen LogP contribution in [-0.4, -0.2) is 0 Å². The van der Waals surface area contributed by atoms with Gasteiger partial charge in [-0.1, -0.05) is 97.8 Å². The first-order valence-electron chi connectivity index (χ1n) is 7.64. The van der Waals surface area contributed by atoms with Crippen molar-refractivity contribution in [2.24, 2.45) is 5.92 Å². The number of hydrogen-bond donors (Lipinski definition) is 0. The number of hydrogen-bond acceptors (Lipinski definition) is 0. The van der Waals surface area contributed by atoms with E-state index in [0.29, 0.717) is 0 Å². The van der Waals surface area contributed by atoms with Crippen molar-refractivity contribution in [2.45, 2.75) is 90.9 Å². The topological polar surface area (TPSA) is 0 Å². The van der Waals surface area contributed by atoms with Gasteiger partial charge >= 0.3 is 0 Å². The summed E-state index contributed by atoms with van der Waals surface area (Å²) in [5.41, 5.74) is 0. The van der Waals surface area contributed by atoms with Gasteiger partial charge in [0.05, 0.1) is 0 Å². The molecule has 1 unspecified atom stereocenters. The van der Waals surface area contributed by atoms with Crippen molar-refractivity contribution in [2.75, 3.05) is 0 Å². The summed E-state index contributed by atoms with van der Waals surface area (Å²) in [6, 6.07) is 0. The second kappa shape index (κ2) is 13.1. The molecule has 0 heteroatoms. The van der Waals surface area contributed by atoms with Gasteiger partial charge in [-0.15, -0.1) is 0 Å². The van der Waals surface area contributed by atoms with Crippen molar-refractivity contribution in [1.82, 2.24) is 0 Å². The van der Waals surface area contributed by atoms with Crippen molar-refractivity contribution >= 4 is 0 Å². The molecular weight excluding hydrogens is 192 g/mol. The van der Waals surface area contributed by atoms with Crippen LogP contribution < -0.4 is 0 Å². The minimum Gasteiger partial charge on any atom is -0.0654 e. The largest absolute Gasteiger partial charge is 0.0654 e. The lowest BCUT2D eigenvalue weighted by Gasteiger charge is -2.14. The van der Waals surface area contributed by atoms with Crippen LogP contribution in [0.5, 0.6) is 0 Å². The molecule has 0 aliphatic rings. The molecule has 0 aromatic carbocycles. The maximum atomic E-state index is 3.99. The zero-order chi connectivity index (χ0) is 12.1. The summed E-state index contributed by atoms with van der Waals surface area (Å²) >= 11 is 0. The molecule has 0 fully saturated rings. The van der Waals surface area contributed by atoms with Crippen LogP contribution >= 0.6 is 0 Å². The molecule has 0 saturated carbocycles. The Hall–Kier alpha value is 0. The van der Waals surface area contributed by atoms with E-state index in [1.807, 2.05) is 0 Å². The fraction of sp³-hybridized carbons (Fsp3) is 0.938. The highest BCUT2D eigenvalue weighted by Gasteiger charge is 2.05. The van der Waals surface area contributed by atoms with Crippen LogP contribution in [0.15, 0.2) is 0 Å². The highest BCUT2D eigenvalue weighted by molar-refractivity contribution is 4.60. The number of unbranched alkanes of at least 4 members (excludes halogenated alkanes) is 6. The fourth-order valence-corrected chi connectivity index (χ4v) is 2.52. The predicted octanol–water partition coefficient (Wildman–Crippen LogP) is 6.16. The van der Waals surface area contributed by atoms with Gasteiger partial charge in [0.15, 0.2) is 0 Å². The van der Waals surface area contributed by atoms with E-state index in [1.54, 1.807) is 0 Å². The minimum absolute atomic E-state index is 0.971. The molecule has 0 bridgehead atoms. The lowest BCUT2D eigenvalue weighted by atomic mass is 9.92. The van der Waals surface area contributed by atoms with E-state index in [-0.39, 0.29) is 0 Å². The summed E-state index contributed by atoms with van der Waals surface area (Å²) in [4.78, 5) is 0. The molecule has 0 nitrogen and oxygen atoms in total.